The third-order valence-corrected chi connectivity index (χ3v) is 6.52. The van der Waals surface area contributed by atoms with E-state index in [9.17, 15) is 9.59 Å². The molecule has 4 rings (SSSR count). The minimum absolute atomic E-state index is 0.0124. The van der Waals surface area contributed by atoms with Gasteiger partial charge in [-0.05, 0) is 36.6 Å². The van der Waals surface area contributed by atoms with E-state index < -0.39 is 0 Å². The zero-order chi connectivity index (χ0) is 27.8. The lowest BCUT2D eigenvalue weighted by atomic mass is 9.97. The number of nitrogens with one attached hydrogen (secondary N) is 2. The van der Waals surface area contributed by atoms with Crippen molar-refractivity contribution in [1.29, 1.82) is 0 Å². The Balaban J connectivity index is 1.39. The minimum atomic E-state index is -0.389. The summed E-state index contributed by atoms with van der Waals surface area (Å²) in [6.45, 7) is 1.72. The Labute approximate surface area is 227 Å². The van der Waals surface area contributed by atoms with E-state index in [2.05, 4.69) is 25.5 Å². The van der Waals surface area contributed by atoms with Crippen molar-refractivity contribution in [2.45, 2.75) is 19.4 Å². The molecule has 0 aliphatic carbocycles. The number of esters is 1. The van der Waals surface area contributed by atoms with Gasteiger partial charge in [0.2, 0.25) is 17.6 Å². The molecule has 3 aromatic rings. The normalized spacial score (nSPS) is 14.8. The summed E-state index contributed by atoms with van der Waals surface area (Å²) in [4.78, 5) is 35.7. The Hall–Kier alpha value is -4.54. The highest BCUT2D eigenvalue weighted by atomic mass is 16.5. The van der Waals surface area contributed by atoms with E-state index in [0.717, 1.165) is 30.8 Å². The number of hydrogen-bond donors (Lipinski definition) is 2. The topological polar surface area (TPSA) is 124 Å². The maximum absolute atomic E-state index is 13.0. The molecule has 11 nitrogen and oxygen atoms in total. The number of piperidine rings is 1. The molecule has 2 aromatic carbocycles. The molecule has 11 heteroatoms. The van der Waals surface area contributed by atoms with Gasteiger partial charge in [0, 0.05) is 43.7 Å². The number of carbonyl (C=O) groups excluding carboxylic acids is 2. The Morgan fingerprint density at radius 1 is 1.00 bits per heavy atom. The maximum Gasteiger partial charge on any atom is 0.337 e. The highest BCUT2D eigenvalue weighted by molar-refractivity contribution is 5.89. The summed E-state index contributed by atoms with van der Waals surface area (Å²) in [5, 5.41) is 6.22. The molecule has 1 saturated heterocycles. The zero-order valence-corrected chi connectivity index (χ0v) is 22.5. The van der Waals surface area contributed by atoms with Crippen LogP contribution in [0.2, 0.25) is 0 Å². The highest BCUT2D eigenvalue weighted by Crippen LogP contribution is 2.40. The Morgan fingerprint density at radius 3 is 2.36 bits per heavy atom. The fraction of sp³-hybridized carbons (Fsp3) is 0.357. The van der Waals surface area contributed by atoms with Gasteiger partial charge in [0.15, 0.2) is 11.5 Å². The number of anilines is 3. The van der Waals surface area contributed by atoms with Crippen molar-refractivity contribution in [3.05, 3.63) is 59.8 Å². The van der Waals surface area contributed by atoms with Gasteiger partial charge in [-0.15, -0.1) is 0 Å². The molecule has 0 radical (unpaired) electrons. The molecule has 2 heterocycles. The fourth-order valence-electron chi connectivity index (χ4n) is 4.48. The quantitative estimate of drug-likeness (QED) is 0.372. The summed E-state index contributed by atoms with van der Waals surface area (Å²) in [6, 6.07) is 12.4. The van der Waals surface area contributed by atoms with E-state index in [1.165, 1.54) is 7.11 Å². The van der Waals surface area contributed by atoms with Crippen molar-refractivity contribution in [1.82, 2.24) is 15.3 Å². The molecule has 1 aliphatic heterocycles. The van der Waals surface area contributed by atoms with Crippen LogP contribution in [0.4, 0.5) is 17.5 Å². The van der Waals surface area contributed by atoms with Crippen molar-refractivity contribution in [3.8, 4) is 17.2 Å². The molecule has 2 N–H and O–H groups in total. The molecular weight excluding hydrogens is 502 g/mol. The first-order valence-corrected chi connectivity index (χ1v) is 12.6. The first kappa shape index (κ1) is 27.5. The first-order chi connectivity index (χ1) is 18.9. The minimum Gasteiger partial charge on any atom is -0.493 e. The van der Waals surface area contributed by atoms with Crippen molar-refractivity contribution in [2.24, 2.45) is 5.92 Å². The molecule has 1 amide bonds. The second-order valence-electron chi connectivity index (χ2n) is 8.97. The van der Waals surface area contributed by atoms with E-state index in [0.29, 0.717) is 47.5 Å². The van der Waals surface area contributed by atoms with Crippen LogP contribution in [0.25, 0.3) is 0 Å². The van der Waals surface area contributed by atoms with Crippen LogP contribution in [0.5, 0.6) is 17.2 Å². The molecular formula is C28H33N5O6. The SMILES string of the molecule is COC(=O)c1ccc(CNC(=O)C2CCCN(c3ccnc(Nc4cc(OC)c(OC)c(OC)c4)n3)C2)cc1. The van der Waals surface area contributed by atoms with Gasteiger partial charge < -0.3 is 34.5 Å². The van der Waals surface area contributed by atoms with Crippen molar-refractivity contribution in [2.75, 3.05) is 51.7 Å². The van der Waals surface area contributed by atoms with Crippen LogP contribution < -0.4 is 29.7 Å². The lowest BCUT2D eigenvalue weighted by molar-refractivity contribution is -0.125. The van der Waals surface area contributed by atoms with Crippen LogP contribution in [-0.2, 0) is 16.1 Å². The van der Waals surface area contributed by atoms with Crippen LogP contribution in [0, 0.1) is 5.92 Å². The van der Waals surface area contributed by atoms with E-state index in [4.69, 9.17) is 18.9 Å². The van der Waals surface area contributed by atoms with Crippen LogP contribution in [0.1, 0.15) is 28.8 Å². The van der Waals surface area contributed by atoms with Crippen LogP contribution in [0.15, 0.2) is 48.7 Å². The van der Waals surface area contributed by atoms with E-state index in [-0.39, 0.29) is 17.8 Å². The number of amides is 1. The van der Waals surface area contributed by atoms with E-state index in [1.807, 2.05) is 18.2 Å². The van der Waals surface area contributed by atoms with Crippen LogP contribution in [-0.4, -0.2) is 63.4 Å². The summed E-state index contributed by atoms with van der Waals surface area (Å²) >= 11 is 0. The summed E-state index contributed by atoms with van der Waals surface area (Å²) in [6.07, 6.45) is 3.35. The van der Waals surface area contributed by atoms with E-state index in [1.54, 1.807) is 51.8 Å². The fourth-order valence-corrected chi connectivity index (χ4v) is 4.48. The highest BCUT2D eigenvalue weighted by Gasteiger charge is 2.26. The molecule has 0 bridgehead atoms. The van der Waals surface area contributed by atoms with Crippen molar-refractivity contribution >= 4 is 29.3 Å². The zero-order valence-electron chi connectivity index (χ0n) is 22.5. The van der Waals surface area contributed by atoms with Gasteiger partial charge in [0.1, 0.15) is 5.82 Å². The van der Waals surface area contributed by atoms with Gasteiger partial charge in [0.05, 0.1) is 39.9 Å². The molecule has 1 aromatic heterocycles. The molecule has 1 atom stereocenters. The number of nitrogens with zero attached hydrogens (tertiary/aromatic N) is 3. The standard InChI is InChI=1S/C28H33N5O6/c1-36-22-14-21(15-23(37-2)25(22)38-3)31-28-29-12-11-24(32-28)33-13-5-6-20(17-33)26(34)30-16-18-7-9-19(10-8-18)27(35)39-4/h7-12,14-15,20H,5-6,13,16-17H2,1-4H3,(H,30,34)(H,29,31,32). The van der Waals surface area contributed by atoms with Gasteiger partial charge in [0.25, 0.3) is 0 Å². The lowest BCUT2D eigenvalue weighted by Crippen LogP contribution is -2.43. The number of hydrogen-bond acceptors (Lipinski definition) is 10. The number of rotatable bonds is 10. The maximum atomic E-state index is 13.0. The van der Waals surface area contributed by atoms with E-state index >= 15 is 0 Å². The van der Waals surface area contributed by atoms with Crippen molar-refractivity contribution in [3.63, 3.8) is 0 Å². The number of carbonyl (C=O) groups is 2. The van der Waals surface area contributed by atoms with Crippen LogP contribution in [0.3, 0.4) is 0 Å². The summed E-state index contributed by atoms with van der Waals surface area (Å²) in [7, 11) is 6.01. The van der Waals surface area contributed by atoms with Crippen molar-refractivity contribution < 1.29 is 28.5 Å². The Kier molecular flexibility index (Phi) is 9.03. The Morgan fingerprint density at radius 2 is 1.72 bits per heavy atom. The molecule has 39 heavy (non-hydrogen) atoms. The number of methoxy groups -OCH3 is 4. The molecule has 206 valence electrons. The summed E-state index contributed by atoms with van der Waals surface area (Å²) in [5.41, 5.74) is 2.05. The van der Waals surface area contributed by atoms with Gasteiger partial charge in [-0.25, -0.2) is 9.78 Å². The van der Waals surface area contributed by atoms with Gasteiger partial charge >= 0.3 is 5.97 Å². The number of aromatic nitrogens is 2. The third kappa shape index (κ3) is 6.67. The molecule has 0 saturated carbocycles. The van der Waals surface area contributed by atoms with Gasteiger partial charge in [-0.3, -0.25) is 4.79 Å². The average Bonchev–Trinajstić information content (AvgIpc) is 2.99. The molecule has 1 aliphatic rings. The molecule has 1 fully saturated rings. The van der Waals surface area contributed by atoms with Crippen LogP contribution >= 0.6 is 0 Å². The first-order valence-electron chi connectivity index (χ1n) is 12.6. The van der Waals surface area contributed by atoms with Gasteiger partial charge in [-0.2, -0.15) is 4.98 Å². The lowest BCUT2D eigenvalue weighted by Gasteiger charge is -2.33. The molecule has 0 spiro atoms. The predicted octanol–water partition coefficient (Wildman–Crippen LogP) is 3.57. The second-order valence-corrected chi connectivity index (χ2v) is 8.97. The van der Waals surface area contributed by atoms with Gasteiger partial charge in [-0.1, -0.05) is 12.1 Å². The third-order valence-electron chi connectivity index (χ3n) is 6.52. The summed E-state index contributed by atoms with van der Waals surface area (Å²) < 4.78 is 21.0. The number of ether oxygens (including phenoxy) is 4. The molecule has 1 unspecified atom stereocenters. The smallest absolute Gasteiger partial charge is 0.337 e. The monoisotopic (exact) mass is 535 g/mol. The largest absolute Gasteiger partial charge is 0.493 e. The second kappa shape index (κ2) is 12.8. The Bertz CT molecular complexity index is 1270. The average molecular weight is 536 g/mol. The number of benzene rings is 2. The summed E-state index contributed by atoms with van der Waals surface area (Å²) in [5.74, 6) is 2.09. The predicted molar refractivity (Wildman–Crippen MR) is 146 cm³/mol.